The molecule has 4 rings (SSSR count). The van der Waals surface area contributed by atoms with Crippen LogP contribution in [-0.2, 0) is 0 Å². The summed E-state index contributed by atoms with van der Waals surface area (Å²) in [5, 5.41) is 11.9. The summed E-state index contributed by atoms with van der Waals surface area (Å²) in [5.41, 5.74) is 1.80. The van der Waals surface area contributed by atoms with Gasteiger partial charge in [-0.3, -0.25) is 20.1 Å². The van der Waals surface area contributed by atoms with Crippen LogP contribution in [0.25, 0.3) is 10.9 Å². The van der Waals surface area contributed by atoms with E-state index in [1.165, 1.54) is 12.3 Å². The highest BCUT2D eigenvalue weighted by molar-refractivity contribution is 5.88. The number of nitro groups is 1. The molecule has 160 valence electrons. The molecular formula is C24H19N3O5. The molecule has 4 aromatic rings. The van der Waals surface area contributed by atoms with Gasteiger partial charge in [-0.15, -0.1) is 0 Å². The molecule has 8 heteroatoms. The zero-order valence-electron chi connectivity index (χ0n) is 17.4. The fourth-order valence-corrected chi connectivity index (χ4v) is 3.17. The van der Waals surface area contributed by atoms with Crippen molar-refractivity contribution < 1.29 is 19.1 Å². The third-order valence-electron chi connectivity index (χ3n) is 4.76. The number of fused-ring (bicyclic) bond motifs is 1. The molecule has 0 radical (unpaired) electrons. The maximum Gasteiger partial charge on any atom is 0.278 e. The second-order valence-electron chi connectivity index (χ2n) is 6.70. The van der Waals surface area contributed by atoms with E-state index in [0.29, 0.717) is 39.8 Å². The van der Waals surface area contributed by atoms with Gasteiger partial charge in [0.25, 0.3) is 5.69 Å². The van der Waals surface area contributed by atoms with E-state index in [1.54, 1.807) is 75.0 Å². The molecule has 0 aliphatic carbocycles. The Balaban J connectivity index is 1.57. The van der Waals surface area contributed by atoms with E-state index >= 15 is 0 Å². The summed E-state index contributed by atoms with van der Waals surface area (Å²) >= 11 is 0. The Morgan fingerprint density at radius 3 is 2.38 bits per heavy atom. The van der Waals surface area contributed by atoms with Gasteiger partial charge < -0.3 is 14.2 Å². The molecule has 0 unspecified atom stereocenters. The molecule has 0 saturated heterocycles. The van der Waals surface area contributed by atoms with Crippen molar-refractivity contribution in [2.75, 3.05) is 14.2 Å². The summed E-state index contributed by atoms with van der Waals surface area (Å²) in [4.78, 5) is 19.4. The molecule has 8 nitrogen and oxygen atoms in total. The number of aromatic nitrogens is 1. The van der Waals surface area contributed by atoms with Gasteiger partial charge in [-0.1, -0.05) is 12.1 Å². The molecule has 0 N–H and O–H groups in total. The molecule has 0 spiro atoms. The number of para-hydroxylation sites is 1. The summed E-state index contributed by atoms with van der Waals surface area (Å²) in [6, 6.07) is 18.9. The second kappa shape index (κ2) is 9.13. The number of hydrogen-bond donors (Lipinski definition) is 0. The SMILES string of the molecule is COc1cc2nccc(Oc3ccc(N=Cc4ccccc4[N+](=O)[O-])cc3)c2cc1OC. The van der Waals surface area contributed by atoms with Crippen molar-refractivity contribution in [2.24, 2.45) is 4.99 Å². The number of aliphatic imine (C=N–C) groups is 1. The Labute approximate surface area is 183 Å². The van der Waals surface area contributed by atoms with Crippen LogP contribution in [0.3, 0.4) is 0 Å². The first-order chi connectivity index (χ1) is 15.6. The van der Waals surface area contributed by atoms with Crippen molar-refractivity contribution in [2.45, 2.75) is 0 Å². The molecule has 0 saturated carbocycles. The van der Waals surface area contributed by atoms with Gasteiger partial charge in [0.05, 0.1) is 35.9 Å². The smallest absolute Gasteiger partial charge is 0.278 e. The van der Waals surface area contributed by atoms with Gasteiger partial charge in [0, 0.05) is 29.9 Å². The van der Waals surface area contributed by atoms with E-state index in [9.17, 15) is 10.1 Å². The van der Waals surface area contributed by atoms with Crippen LogP contribution < -0.4 is 14.2 Å². The molecule has 0 aliphatic heterocycles. The van der Waals surface area contributed by atoms with E-state index < -0.39 is 4.92 Å². The zero-order valence-corrected chi connectivity index (χ0v) is 17.4. The maximum atomic E-state index is 11.1. The second-order valence-corrected chi connectivity index (χ2v) is 6.70. The minimum absolute atomic E-state index is 0.00725. The minimum atomic E-state index is -0.429. The van der Waals surface area contributed by atoms with E-state index in [-0.39, 0.29) is 5.69 Å². The van der Waals surface area contributed by atoms with Crippen LogP contribution in [0.1, 0.15) is 5.56 Å². The Bertz CT molecular complexity index is 1300. The lowest BCUT2D eigenvalue weighted by Crippen LogP contribution is -1.93. The van der Waals surface area contributed by atoms with Crippen LogP contribution >= 0.6 is 0 Å². The van der Waals surface area contributed by atoms with Crippen molar-refractivity contribution in [1.82, 2.24) is 4.98 Å². The van der Waals surface area contributed by atoms with Crippen molar-refractivity contribution in [1.29, 1.82) is 0 Å². The van der Waals surface area contributed by atoms with E-state index in [4.69, 9.17) is 14.2 Å². The quantitative estimate of drug-likeness (QED) is 0.212. The van der Waals surface area contributed by atoms with E-state index in [1.807, 2.05) is 6.07 Å². The lowest BCUT2D eigenvalue weighted by atomic mass is 10.2. The topological polar surface area (TPSA) is 96.1 Å². The van der Waals surface area contributed by atoms with Gasteiger partial charge in [0.2, 0.25) is 0 Å². The van der Waals surface area contributed by atoms with Gasteiger partial charge in [-0.05, 0) is 42.5 Å². The molecule has 0 fully saturated rings. The number of nitrogens with zero attached hydrogens (tertiary/aromatic N) is 3. The number of ether oxygens (including phenoxy) is 3. The van der Waals surface area contributed by atoms with Crippen molar-refractivity contribution in [3.8, 4) is 23.0 Å². The predicted molar refractivity (Wildman–Crippen MR) is 122 cm³/mol. The summed E-state index contributed by atoms with van der Waals surface area (Å²) in [6.45, 7) is 0. The standard InChI is InChI=1S/C24H19N3O5/c1-30-23-13-19-20(14-24(23)31-2)25-12-11-22(19)32-18-9-7-17(8-10-18)26-15-16-5-3-4-6-21(16)27(28)29/h3-15H,1-2H3. The summed E-state index contributed by atoms with van der Waals surface area (Å²) in [6.07, 6.45) is 3.14. The fourth-order valence-electron chi connectivity index (χ4n) is 3.17. The molecule has 0 bridgehead atoms. The molecule has 1 aromatic heterocycles. The molecule has 0 aliphatic rings. The number of benzene rings is 3. The van der Waals surface area contributed by atoms with Gasteiger partial charge in [-0.2, -0.15) is 0 Å². The average molecular weight is 429 g/mol. The minimum Gasteiger partial charge on any atom is -0.493 e. The normalized spacial score (nSPS) is 10.9. The highest BCUT2D eigenvalue weighted by atomic mass is 16.6. The Morgan fingerprint density at radius 2 is 1.66 bits per heavy atom. The van der Waals surface area contributed by atoms with Gasteiger partial charge >= 0.3 is 0 Å². The van der Waals surface area contributed by atoms with Crippen molar-refractivity contribution in [3.05, 3.63) is 88.6 Å². The molecule has 1 heterocycles. The Kier molecular flexibility index (Phi) is 5.94. The van der Waals surface area contributed by atoms with Crippen molar-refractivity contribution in [3.63, 3.8) is 0 Å². The van der Waals surface area contributed by atoms with E-state index in [2.05, 4.69) is 9.98 Å². The first kappa shape index (κ1) is 20.8. The first-order valence-electron chi connectivity index (χ1n) is 9.65. The van der Waals surface area contributed by atoms with Crippen molar-refractivity contribution >= 4 is 28.5 Å². The Morgan fingerprint density at radius 1 is 0.938 bits per heavy atom. The third kappa shape index (κ3) is 4.34. The van der Waals surface area contributed by atoms with Crippen LogP contribution in [0.2, 0.25) is 0 Å². The monoisotopic (exact) mass is 429 g/mol. The number of nitro benzene ring substituents is 1. The van der Waals surface area contributed by atoms with Crippen LogP contribution in [0.4, 0.5) is 11.4 Å². The first-order valence-corrected chi connectivity index (χ1v) is 9.65. The molecule has 0 amide bonds. The molecular weight excluding hydrogens is 410 g/mol. The molecule has 32 heavy (non-hydrogen) atoms. The number of rotatable bonds is 7. The highest BCUT2D eigenvalue weighted by Crippen LogP contribution is 2.37. The number of pyridine rings is 1. The largest absolute Gasteiger partial charge is 0.493 e. The predicted octanol–water partition coefficient (Wildman–Crippen LogP) is 5.70. The Hall–Kier alpha value is -4.46. The highest BCUT2D eigenvalue weighted by Gasteiger charge is 2.12. The lowest BCUT2D eigenvalue weighted by Gasteiger charge is -2.12. The van der Waals surface area contributed by atoms with Gasteiger partial charge in [-0.25, -0.2) is 0 Å². The van der Waals surface area contributed by atoms with Gasteiger partial charge in [0.15, 0.2) is 11.5 Å². The van der Waals surface area contributed by atoms with Crippen LogP contribution in [-0.4, -0.2) is 30.3 Å². The number of hydrogen-bond acceptors (Lipinski definition) is 7. The molecule has 3 aromatic carbocycles. The maximum absolute atomic E-state index is 11.1. The van der Waals surface area contributed by atoms with Gasteiger partial charge in [0.1, 0.15) is 11.5 Å². The zero-order chi connectivity index (χ0) is 22.5. The number of methoxy groups -OCH3 is 2. The average Bonchev–Trinajstić information content (AvgIpc) is 2.83. The van der Waals surface area contributed by atoms with Crippen LogP contribution in [0, 0.1) is 10.1 Å². The van der Waals surface area contributed by atoms with Crippen LogP contribution in [0.15, 0.2) is 77.9 Å². The van der Waals surface area contributed by atoms with Crippen LogP contribution in [0.5, 0.6) is 23.0 Å². The van der Waals surface area contributed by atoms with E-state index in [0.717, 1.165) is 5.39 Å². The lowest BCUT2D eigenvalue weighted by molar-refractivity contribution is -0.385. The summed E-state index contributed by atoms with van der Waals surface area (Å²) in [7, 11) is 3.15. The summed E-state index contributed by atoms with van der Waals surface area (Å²) < 4.78 is 16.8. The third-order valence-corrected chi connectivity index (χ3v) is 4.76. The molecule has 0 atom stereocenters. The summed E-state index contributed by atoms with van der Waals surface area (Å²) in [5.74, 6) is 2.40. The fraction of sp³-hybridized carbons (Fsp3) is 0.0833.